The van der Waals surface area contributed by atoms with Gasteiger partial charge in [-0.05, 0) is 31.4 Å². The van der Waals surface area contributed by atoms with E-state index in [1.54, 1.807) is 24.2 Å². The first-order valence-corrected chi connectivity index (χ1v) is 7.13. The number of aromatic nitrogens is 2. The number of hydrogen-bond acceptors (Lipinski definition) is 4. The number of benzene rings is 1. The van der Waals surface area contributed by atoms with Crippen LogP contribution in [0.2, 0.25) is 0 Å². The van der Waals surface area contributed by atoms with E-state index < -0.39 is 4.92 Å². The van der Waals surface area contributed by atoms with Gasteiger partial charge in [0.05, 0.1) is 11.0 Å². The molecule has 0 spiro atoms. The summed E-state index contributed by atoms with van der Waals surface area (Å²) in [6.07, 6.45) is 5.20. The number of nitrogens with one attached hydrogen (secondary N) is 1. The predicted molar refractivity (Wildman–Crippen MR) is 79.4 cm³/mol. The monoisotopic (exact) mass is 300 g/mol. The lowest BCUT2D eigenvalue weighted by molar-refractivity contribution is -0.384. The van der Waals surface area contributed by atoms with Crippen molar-refractivity contribution in [3.63, 3.8) is 0 Å². The van der Waals surface area contributed by atoms with Crippen LogP contribution in [-0.2, 0) is 0 Å². The Balaban J connectivity index is 1.89. The maximum Gasteiger partial charge on any atom is 0.269 e. The van der Waals surface area contributed by atoms with Crippen LogP contribution in [-0.4, -0.2) is 32.2 Å². The molecule has 1 N–H and O–H groups in total. The van der Waals surface area contributed by atoms with Crippen molar-refractivity contribution in [2.45, 2.75) is 25.8 Å². The molecular weight excluding hydrogens is 284 g/mol. The van der Waals surface area contributed by atoms with E-state index in [9.17, 15) is 14.9 Å². The number of hydrogen-bond donors (Lipinski definition) is 1. The Hall–Kier alpha value is -2.70. The smallest absolute Gasteiger partial charge is 0.269 e. The van der Waals surface area contributed by atoms with E-state index in [0.29, 0.717) is 17.7 Å². The molecule has 1 atom stereocenters. The third kappa shape index (κ3) is 2.45. The van der Waals surface area contributed by atoms with E-state index in [1.807, 2.05) is 0 Å². The minimum atomic E-state index is -0.456. The zero-order valence-corrected chi connectivity index (χ0v) is 12.2. The summed E-state index contributed by atoms with van der Waals surface area (Å²) in [4.78, 5) is 32.2. The fraction of sp³-hybridized carbons (Fsp3) is 0.333. The van der Waals surface area contributed by atoms with E-state index in [0.717, 1.165) is 18.7 Å². The van der Waals surface area contributed by atoms with E-state index >= 15 is 0 Å². The lowest BCUT2D eigenvalue weighted by atomic mass is 10.1. The molecule has 1 fully saturated rings. The molecule has 1 amide bonds. The van der Waals surface area contributed by atoms with Crippen LogP contribution in [0.4, 0.5) is 5.69 Å². The zero-order chi connectivity index (χ0) is 15.7. The highest BCUT2D eigenvalue weighted by atomic mass is 16.6. The van der Waals surface area contributed by atoms with Gasteiger partial charge in [-0.2, -0.15) is 0 Å². The number of nitro groups is 1. The molecule has 114 valence electrons. The van der Waals surface area contributed by atoms with Gasteiger partial charge in [0.1, 0.15) is 5.82 Å². The van der Waals surface area contributed by atoms with E-state index in [1.165, 1.54) is 18.2 Å². The summed E-state index contributed by atoms with van der Waals surface area (Å²) < 4.78 is 0. The molecule has 0 radical (unpaired) electrons. The number of aromatic amines is 1. The van der Waals surface area contributed by atoms with Gasteiger partial charge in [-0.3, -0.25) is 14.9 Å². The van der Waals surface area contributed by atoms with Crippen molar-refractivity contribution < 1.29 is 9.72 Å². The van der Waals surface area contributed by atoms with Crippen LogP contribution in [0.15, 0.2) is 30.6 Å². The minimum Gasteiger partial charge on any atom is -0.347 e. The number of non-ortho nitro benzene ring substituents is 1. The summed E-state index contributed by atoms with van der Waals surface area (Å²) in [6.45, 7) is 2.39. The first-order chi connectivity index (χ1) is 10.6. The van der Waals surface area contributed by atoms with Gasteiger partial charge >= 0.3 is 0 Å². The second-order valence-corrected chi connectivity index (χ2v) is 5.39. The van der Waals surface area contributed by atoms with Crippen LogP contribution in [0.3, 0.4) is 0 Å². The predicted octanol–water partition coefficient (Wildman–Crippen LogP) is 2.60. The Bertz CT molecular complexity index is 712. The second kappa shape index (κ2) is 5.59. The lowest BCUT2D eigenvalue weighted by Gasteiger charge is -2.24. The van der Waals surface area contributed by atoms with Crippen molar-refractivity contribution in [2.24, 2.45) is 0 Å². The fourth-order valence-electron chi connectivity index (χ4n) is 2.91. The number of carbonyl (C=O) groups excluding carboxylic acids is 1. The number of H-pyrrole nitrogens is 1. The summed E-state index contributed by atoms with van der Waals surface area (Å²) in [7, 11) is 0. The first kappa shape index (κ1) is 14.2. The van der Waals surface area contributed by atoms with Crippen molar-refractivity contribution in [2.75, 3.05) is 6.54 Å². The molecule has 1 aromatic carbocycles. The quantitative estimate of drug-likeness (QED) is 0.696. The van der Waals surface area contributed by atoms with E-state index in [2.05, 4.69) is 9.97 Å². The van der Waals surface area contributed by atoms with Crippen molar-refractivity contribution in [3.8, 4) is 0 Å². The van der Waals surface area contributed by atoms with Crippen LogP contribution in [0.5, 0.6) is 0 Å². The Morgan fingerprint density at radius 1 is 1.50 bits per heavy atom. The topological polar surface area (TPSA) is 92.1 Å². The summed E-state index contributed by atoms with van der Waals surface area (Å²) in [5, 5.41) is 10.8. The summed E-state index contributed by atoms with van der Waals surface area (Å²) in [6, 6.07) is 4.29. The Morgan fingerprint density at radius 2 is 2.32 bits per heavy atom. The maximum atomic E-state index is 12.8. The standard InChI is InChI=1S/C15H16N4O3/c1-10-9-11(19(21)22)4-5-12(10)15(20)18-8-2-3-13(18)14-16-6-7-17-14/h4-7,9,13H,2-3,8H2,1H3,(H,16,17)/t13-/m0/s1. The molecule has 7 nitrogen and oxygen atoms in total. The Morgan fingerprint density at radius 3 is 2.95 bits per heavy atom. The molecule has 1 saturated heterocycles. The first-order valence-electron chi connectivity index (χ1n) is 7.13. The van der Waals surface area contributed by atoms with Crippen molar-refractivity contribution >= 4 is 11.6 Å². The molecule has 22 heavy (non-hydrogen) atoms. The molecule has 2 heterocycles. The molecule has 3 rings (SSSR count). The van der Waals surface area contributed by atoms with Gasteiger partial charge in [-0.25, -0.2) is 4.98 Å². The molecule has 0 bridgehead atoms. The summed E-state index contributed by atoms with van der Waals surface area (Å²) in [5.41, 5.74) is 1.12. The summed E-state index contributed by atoms with van der Waals surface area (Å²) in [5.74, 6) is 0.678. The molecule has 0 unspecified atom stereocenters. The maximum absolute atomic E-state index is 12.8. The van der Waals surface area contributed by atoms with Gasteiger partial charge in [0.15, 0.2) is 0 Å². The molecule has 0 aliphatic carbocycles. The third-order valence-electron chi connectivity index (χ3n) is 4.00. The van der Waals surface area contributed by atoms with Gasteiger partial charge in [-0.1, -0.05) is 0 Å². The summed E-state index contributed by atoms with van der Waals surface area (Å²) >= 11 is 0. The Kier molecular flexibility index (Phi) is 3.62. The van der Waals surface area contributed by atoms with E-state index in [4.69, 9.17) is 0 Å². The normalized spacial score (nSPS) is 17.7. The molecule has 2 aromatic rings. The number of imidazole rings is 1. The number of aryl methyl sites for hydroxylation is 1. The number of likely N-dealkylation sites (tertiary alicyclic amines) is 1. The Labute approximate surface area is 127 Å². The van der Waals surface area contributed by atoms with Gasteiger partial charge in [0.2, 0.25) is 0 Å². The number of nitro benzene ring substituents is 1. The van der Waals surface area contributed by atoms with Crippen molar-refractivity contribution in [1.82, 2.24) is 14.9 Å². The highest BCUT2D eigenvalue weighted by molar-refractivity contribution is 5.96. The van der Waals surface area contributed by atoms with Crippen molar-refractivity contribution in [1.29, 1.82) is 0 Å². The third-order valence-corrected chi connectivity index (χ3v) is 4.00. The fourth-order valence-corrected chi connectivity index (χ4v) is 2.91. The molecule has 0 saturated carbocycles. The largest absolute Gasteiger partial charge is 0.347 e. The molecule has 1 aromatic heterocycles. The molecule has 7 heteroatoms. The molecular formula is C15H16N4O3. The SMILES string of the molecule is Cc1cc([N+](=O)[O-])ccc1C(=O)N1CCC[C@H]1c1ncc[nH]1. The van der Waals surface area contributed by atoms with Crippen molar-refractivity contribution in [3.05, 3.63) is 57.7 Å². The van der Waals surface area contributed by atoms with Crippen LogP contribution < -0.4 is 0 Å². The number of amides is 1. The average molecular weight is 300 g/mol. The van der Waals surface area contributed by atoms with Crippen LogP contribution >= 0.6 is 0 Å². The van der Waals surface area contributed by atoms with E-state index in [-0.39, 0.29) is 17.6 Å². The highest BCUT2D eigenvalue weighted by Gasteiger charge is 2.32. The lowest BCUT2D eigenvalue weighted by Crippen LogP contribution is -2.31. The van der Waals surface area contributed by atoms with Gasteiger partial charge in [0, 0.05) is 36.6 Å². The van der Waals surface area contributed by atoms with Crippen LogP contribution in [0.1, 0.15) is 40.6 Å². The van der Waals surface area contributed by atoms with Crippen LogP contribution in [0, 0.1) is 17.0 Å². The molecule has 1 aliphatic heterocycles. The van der Waals surface area contributed by atoms with Gasteiger partial charge in [-0.15, -0.1) is 0 Å². The highest BCUT2D eigenvalue weighted by Crippen LogP contribution is 2.32. The number of carbonyl (C=O) groups is 1. The average Bonchev–Trinajstić information content (AvgIpc) is 3.16. The zero-order valence-electron chi connectivity index (χ0n) is 12.2. The minimum absolute atomic E-state index is 0.00180. The van der Waals surface area contributed by atoms with Gasteiger partial charge < -0.3 is 9.88 Å². The van der Waals surface area contributed by atoms with Crippen LogP contribution in [0.25, 0.3) is 0 Å². The number of rotatable bonds is 3. The number of nitrogens with zero attached hydrogens (tertiary/aromatic N) is 3. The van der Waals surface area contributed by atoms with Gasteiger partial charge in [0.25, 0.3) is 11.6 Å². The molecule has 1 aliphatic rings. The second-order valence-electron chi connectivity index (χ2n) is 5.39.